The summed E-state index contributed by atoms with van der Waals surface area (Å²) in [7, 11) is 0. The Kier molecular flexibility index (Phi) is 2.61. The Hall–Kier alpha value is -1.44. The van der Waals surface area contributed by atoms with Crippen LogP contribution < -0.4 is 0 Å². The number of hydrogen-bond donors (Lipinski definition) is 0. The van der Waals surface area contributed by atoms with Crippen molar-refractivity contribution in [3.8, 4) is 0 Å². The SMILES string of the molecule is [CH2]c1c(C(C)=O)cccc1C(C)=O. The molecule has 0 heterocycles. The average Bonchev–Trinajstić information content (AvgIpc) is 2.03. The smallest absolute Gasteiger partial charge is 0.160 e. The Labute approximate surface area is 77.6 Å². The van der Waals surface area contributed by atoms with Crippen molar-refractivity contribution in [3.63, 3.8) is 0 Å². The number of hydrogen-bond acceptors (Lipinski definition) is 2. The van der Waals surface area contributed by atoms with Crippen LogP contribution in [0.2, 0.25) is 0 Å². The van der Waals surface area contributed by atoms with Gasteiger partial charge in [-0.1, -0.05) is 18.2 Å². The first-order valence-corrected chi connectivity index (χ1v) is 4.01. The van der Waals surface area contributed by atoms with E-state index in [1.807, 2.05) is 0 Å². The van der Waals surface area contributed by atoms with Gasteiger partial charge >= 0.3 is 0 Å². The normalized spacial score (nSPS) is 9.77. The molecule has 13 heavy (non-hydrogen) atoms. The minimum Gasteiger partial charge on any atom is -0.295 e. The number of carbonyl (C=O) groups is 2. The summed E-state index contributed by atoms with van der Waals surface area (Å²) in [6.07, 6.45) is 0. The summed E-state index contributed by atoms with van der Waals surface area (Å²) in [5, 5.41) is 0. The monoisotopic (exact) mass is 175 g/mol. The maximum atomic E-state index is 11.1. The molecule has 0 aliphatic rings. The van der Waals surface area contributed by atoms with E-state index < -0.39 is 0 Å². The van der Waals surface area contributed by atoms with E-state index in [0.717, 1.165) is 0 Å². The van der Waals surface area contributed by atoms with Gasteiger partial charge in [0.25, 0.3) is 0 Å². The minimum absolute atomic E-state index is 0.0619. The molecule has 0 amide bonds. The van der Waals surface area contributed by atoms with E-state index in [2.05, 4.69) is 6.92 Å². The van der Waals surface area contributed by atoms with Crippen LogP contribution in [0.1, 0.15) is 40.1 Å². The number of carbonyl (C=O) groups excluding carboxylic acids is 2. The molecular weight excluding hydrogens is 164 g/mol. The molecule has 0 aliphatic carbocycles. The van der Waals surface area contributed by atoms with Gasteiger partial charge in [0.2, 0.25) is 0 Å². The lowest BCUT2D eigenvalue weighted by atomic mass is 9.98. The molecule has 0 atom stereocenters. The highest BCUT2D eigenvalue weighted by Gasteiger charge is 2.09. The van der Waals surface area contributed by atoms with Crippen LogP contribution >= 0.6 is 0 Å². The third kappa shape index (κ3) is 1.83. The van der Waals surface area contributed by atoms with Gasteiger partial charge in [-0.25, -0.2) is 0 Å². The molecule has 0 saturated carbocycles. The molecular formula is C11H11O2. The van der Waals surface area contributed by atoms with Gasteiger partial charge in [-0.3, -0.25) is 9.59 Å². The lowest BCUT2D eigenvalue weighted by Crippen LogP contribution is -2.03. The summed E-state index contributed by atoms with van der Waals surface area (Å²) >= 11 is 0. The summed E-state index contributed by atoms with van der Waals surface area (Å²) in [6.45, 7) is 6.65. The van der Waals surface area contributed by atoms with Crippen LogP contribution in [-0.2, 0) is 0 Å². The fourth-order valence-electron chi connectivity index (χ4n) is 1.25. The highest BCUT2D eigenvalue weighted by atomic mass is 16.1. The Balaban J connectivity index is 3.35. The lowest BCUT2D eigenvalue weighted by Gasteiger charge is -2.05. The Bertz CT molecular complexity index is 332. The summed E-state index contributed by atoms with van der Waals surface area (Å²) in [5.41, 5.74) is 1.57. The molecule has 1 radical (unpaired) electrons. The van der Waals surface area contributed by atoms with Gasteiger partial charge in [-0.2, -0.15) is 0 Å². The standard InChI is InChI=1S/C11H11O2/c1-7-10(8(2)12)5-4-6-11(7)9(3)13/h4-6H,1H2,2-3H3. The zero-order valence-corrected chi connectivity index (χ0v) is 7.76. The second-order valence-electron chi connectivity index (χ2n) is 2.94. The second kappa shape index (κ2) is 3.52. The highest BCUT2D eigenvalue weighted by molar-refractivity contribution is 6.02. The molecule has 0 spiro atoms. The van der Waals surface area contributed by atoms with Crippen molar-refractivity contribution >= 4 is 11.6 Å². The number of Topliss-reactive ketones (excluding diaryl/α,β-unsaturated/α-hetero) is 2. The van der Waals surface area contributed by atoms with Crippen LogP contribution in [-0.4, -0.2) is 11.6 Å². The molecule has 1 aromatic carbocycles. The summed E-state index contributed by atoms with van der Waals surface area (Å²) in [6, 6.07) is 5.05. The van der Waals surface area contributed by atoms with Crippen LogP contribution in [0.3, 0.4) is 0 Å². The second-order valence-corrected chi connectivity index (χ2v) is 2.94. The predicted octanol–water partition coefficient (Wildman–Crippen LogP) is 2.27. The van der Waals surface area contributed by atoms with E-state index >= 15 is 0 Å². The fourth-order valence-corrected chi connectivity index (χ4v) is 1.25. The van der Waals surface area contributed by atoms with Gasteiger partial charge in [-0.15, -0.1) is 0 Å². The van der Waals surface area contributed by atoms with E-state index in [1.165, 1.54) is 13.8 Å². The summed E-state index contributed by atoms with van der Waals surface area (Å²) in [4.78, 5) is 22.2. The van der Waals surface area contributed by atoms with Gasteiger partial charge in [-0.05, 0) is 26.3 Å². The first-order chi connectivity index (χ1) is 6.04. The van der Waals surface area contributed by atoms with Crippen LogP contribution in [0.5, 0.6) is 0 Å². The molecule has 0 unspecified atom stereocenters. The van der Waals surface area contributed by atoms with Crippen LogP contribution in [0.15, 0.2) is 18.2 Å². The van der Waals surface area contributed by atoms with E-state index in [0.29, 0.717) is 16.7 Å². The van der Waals surface area contributed by atoms with Crippen molar-refractivity contribution in [2.24, 2.45) is 0 Å². The molecule has 0 N–H and O–H groups in total. The largest absolute Gasteiger partial charge is 0.295 e. The molecule has 67 valence electrons. The van der Waals surface area contributed by atoms with E-state index in [-0.39, 0.29) is 11.6 Å². The van der Waals surface area contributed by atoms with Crippen LogP contribution in [0.25, 0.3) is 0 Å². The van der Waals surface area contributed by atoms with Crippen LogP contribution in [0.4, 0.5) is 0 Å². The molecule has 0 aromatic heterocycles. The van der Waals surface area contributed by atoms with Gasteiger partial charge < -0.3 is 0 Å². The number of rotatable bonds is 2. The van der Waals surface area contributed by atoms with Crippen molar-refractivity contribution in [1.82, 2.24) is 0 Å². The van der Waals surface area contributed by atoms with Crippen molar-refractivity contribution in [2.45, 2.75) is 13.8 Å². The highest BCUT2D eigenvalue weighted by Crippen LogP contribution is 2.14. The van der Waals surface area contributed by atoms with Gasteiger partial charge in [0.05, 0.1) is 0 Å². The molecule has 0 fully saturated rings. The molecule has 1 aromatic rings. The van der Waals surface area contributed by atoms with Crippen LogP contribution in [0, 0.1) is 6.92 Å². The molecule has 0 saturated heterocycles. The summed E-state index contributed by atoms with van der Waals surface area (Å²) in [5.74, 6) is -0.124. The van der Waals surface area contributed by atoms with E-state index in [9.17, 15) is 9.59 Å². The average molecular weight is 175 g/mol. The number of ketones is 2. The molecule has 1 rings (SSSR count). The predicted molar refractivity (Wildman–Crippen MR) is 50.9 cm³/mol. The van der Waals surface area contributed by atoms with Crippen molar-refractivity contribution in [1.29, 1.82) is 0 Å². The molecule has 2 heteroatoms. The molecule has 0 aliphatic heterocycles. The Morgan fingerprint density at radius 2 is 1.46 bits per heavy atom. The maximum absolute atomic E-state index is 11.1. The Morgan fingerprint density at radius 1 is 1.08 bits per heavy atom. The third-order valence-corrected chi connectivity index (χ3v) is 1.93. The first-order valence-electron chi connectivity index (χ1n) is 4.01. The fraction of sp³-hybridized carbons (Fsp3) is 0.182. The van der Waals surface area contributed by atoms with E-state index in [1.54, 1.807) is 18.2 Å². The van der Waals surface area contributed by atoms with Gasteiger partial charge in [0, 0.05) is 11.1 Å². The molecule has 2 nitrogen and oxygen atoms in total. The van der Waals surface area contributed by atoms with Gasteiger partial charge in [0.1, 0.15) is 0 Å². The maximum Gasteiger partial charge on any atom is 0.160 e. The van der Waals surface area contributed by atoms with Crippen molar-refractivity contribution in [3.05, 3.63) is 41.8 Å². The number of benzene rings is 1. The van der Waals surface area contributed by atoms with E-state index in [4.69, 9.17) is 0 Å². The Morgan fingerprint density at radius 3 is 1.77 bits per heavy atom. The summed E-state index contributed by atoms with van der Waals surface area (Å²) < 4.78 is 0. The first kappa shape index (κ1) is 9.65. The zero-order valence-electron chi connectivity index (χ0n) is 7.76. The quantitative estimate of drug-likeness (QED) is 0.646. The molecule has 0 bridgehead atoms. The topological polar surface area (TPSA) is 34.1 Å². The third-order valence-electron chi connectivity index (χ3n) is 1.93. The lowest BCUT2D eigenvalue weighted by molar-refractivity contribution is 0.101. The zero-order chi connectivity index (χ0) is 10.0. The van der Waals surface area contributed by atoms with Gasteiger partial charge in [0.15, 0.2) is 11.6 Å². The van der Waals surface area contributed by atoms with Crippen molar-refractivity contribution in [2.75, 3.05) is 0 Å². The van der Waals surface area contributed by atoms with Crippen molar-refractivity contribution < 1.29 is 9.59 Å². The minimum atomic E-state index is -0.0619.